The summed E-state index contributed by atoms with van der Waals surface area (Å²) < 4.78 is 5.35. The van der Waals surface area contributed by atoms with Gasteiger partial charge in [-0.25, -0.2) is 0 Å². The van der Waals surface area contributed by atoms with E-state index in [0.29, 0.717) is 0 Å². The Morgan fingerprint density at radius 1 is 1.07 bits per heavy atom. The SMILES string of the molecule is CN=C(NCC1(C)COC1)N1CCN(Cc2cccc3ccccc23)CC1.I. The van der Waals surface area contributed by atoms with Gasteiger partial charge in [-0.2, -0.15) is 0 Å². The molecule has 2 fully saturated rings. The second kappa shape index (κ2) is 9.41. The lowest BCUT2D eigenvalue weighted by Crippen LogP contribution is -2.55. The molecule has 2 saturated heterocycles. The van der Waals surface area contributed by atoms with Crippen molar-refractivity contribution in [1.29, 1.82) is 0 Å². The highest BCUT2D eigenvalue weighted by atomic mass is 127. The zero-order valence-corrected chi connectivity index (χ0v) is 19.2. The van der Waals surface area contributed by atoms with Crippen LogP contribution in [0.2, 0.25) is 0 Å². The van der Waals surface area contributed by atoms with Crippen LogP contribution in [-0.2, 0) is 11.3 Å². The third-order valence-corrected chi connectivity index (χ3v) is 5.73. The molecule has 4 rings (SSSR count). The molecule has 2 aliphatic heterocycles. The monoisotopic (exact) mass is 494 g/mol. The van der Waals surface area contributed by atoms with Crippen molar-refractivity contribution in [1.82, 2.24) is 15.1 Å². The average molecular weight is 494 g/mol. The molecule has 0 atom stereocenters. The van der Waals surface area contributed by atoms with Gasteiger partial charge in [0.15, 0.2) is 5.96 Å². The highest BCUT2D eigenvalue weighted by Crippen LogP contribution is 2.25. The maximum absolute atomic E-state index is 5.35. The number of hydrogen-bond donors (Lipinski definition) is 1. The molecule has 2 heterocycles. The third kappa shape index (κ3) is 4.78. The van der Waals surface area contributed by atoms with E-state index in [-0.39, 0.29) is 29.4 Å². The Morgan fingerprint density at radius 2 is 1.79 bits per heavy atom. The third-order valence-electron chi connectivity index (χ3n) is 5.73. The van der Waals surface area contributed by atoms with E-state index >= 15 is 0 Å². The van der Waals surface area contributed by atoms with Crippen LogP contribution in [-0.4, -0.2) is 68.7 Å². The van der Waals surface area contributed by atoms with E-state index < -0.39 is 0 Å². The topological polar surface area (TPSA) is 40.1 Å². The van der Waals surface area contributed by atoms with Gasteiger partial charge in [0, 0.05) is 51.7 Å². The number of halogens is 1. The zero-order valence-electron chi connectivity index (χ0n) is 16.9. The summed E-state index contributed by atoms with van der Waals surface area (Å²) in [7, 11) is 1.88. The maximum Gasteiger partial charge on any atom is 0.193 e. The van der Waals surface area contributed by atoms with Crippen molar-refractivity contribution in [3.63, 3.8) is 0 Å². The van der Waals surface area contributed by atoms with Crippen LogP contribution in [0.5, 0.6) is 0 Å². The predicted octanol–water partition coefficient (Wildman–Crippen LogP) is 3.19. The molecule has 1 N–H and O–H groups in total. The van der Waals surface area contributed by atoms with Crippen LogP contribution >= 0.6 is 24.0 Å². The zero-order chi connectivity index (χ0) is 18.7. The van der Waals surface area contributed by atoms with Crippen molar-refractivity contribution in [3.05, 3.63) is 48.0 Å². The van der Waals surface area contributed by atoms with Crippen LogP contribution in [0.3, 0.4) is 0 Å². The summed E-state index contributed by atoms with van der Waals surface area (Å²) in [6.07, 6.45) is 0. The minimum absolute atomic E-state index is 0. The minimum atomic E-state index is 0. The fraction of sp³-hybridized carbons (Fsp3) is 0.500. The van der Waals surface area contributed by atoms with Crippen molar-refractivity contribution in [2.45, 2.75) is 13.5 Å². The fourth-order valence-electron chi connectivity index (χ4n) is 3.97. The first-order chi connectivity index (χ1) is 13.2. The van der Waals surface area contributed by atoms with Gasteiger partial charge in [-0.3, -0.25) is 9.89 Å². The molecular formula is C22H31IN4O. The molecule has 2 aromatic carbocycles. The molecule has 28 heavy (non-hydrogen) atoms. The largest absolute Gasteiger partial charge is 0.380 e. The first kappa shape index (κ1) is 21.3. The second-order valence-electron chi connectivity index (χ2n) is 8.11. The molecule has 6 heteroatoms. The lowest BCUT2D eigenvalue weighted by Gasteiger charge is -2.41. The summed E-state index contributed by atoms with van der Waals surface area (Å²) in [5, 5.41) is 6.24. The average Bonchev–Trinajstić information content (AvgIpc) is 2.68. The Kier molecular flexibility index (Phi) is 7.17. The molecule has 152 valence electrons. The first-order valence-electron chi connectivity index (χ1n) is 9.89. The number of piperazine rings is 1. The van der Waals surface area contributed by atoms with E-state index in [1.54, 1.807) is 0 Å². The molecule has 2 aliphatic rings. The van der Waals surface area contributed by atoms with Crippen molar-refractivity contribution in [2.24, 2.45) is 10.4 Å². The van der Waals surface area contributed by atoms with Gasteiger partial charge in [0.1, 0.15) is 0 Å². The quantitative estimate of drug-likeness (QED) is 0.403. The van der Waals surface area contributed by atoms with E-state index in [1.165, 1.54) is 16.3 Å². The van der Waals surface area contributed by atoms with E-state index in [0.717, 1.165) is 58.4 Å². The van der Waals surface area contributed by atoms with Gasteiger partial charge in [-0.1, -0.05) is 49.4 Å². The molecule has 0 radical (unpaired) electrons. The number of benzene rings is 2. The lowest BCUT2D eigenvalue weighted by atomic mass is 9.89. The maximum atomic E-state index is 5.35. The molecule has 0 amide bonds. The molecule has 2 aromatic rings. The van der Waals surface area contributed by atoms with Gasteiger partial charge in [-0.05, 0) is 16.3 Å². The number of nitrogens with zero attached hydrogens (tertiary/aromatic N) is 3. The Hall–Kier alpha value is -1.38. The van der Waals surface area contributed by atoms with E-state index in [2.05, 4.69) is 69.5 Å². The van der Waals surface area contributed by atoms with E-state index in [4.69, 9.17) is 4.74 Å². The summed E-state index contributed by atoms with van der Waals surface area (Å²) in [5.74, 6) is 1.02. The van der Waals surface area contributed by atoms with Gasteiger partial charge < -0.3 is 15.0 Å². The summed E-state index contributed by atoms with van der Waals surface area (Å²) in [6.45, 7) is 10.0. The minimum Gasteiger partial charge on any atom is -0.380 e. The first-order valence-corrected chi connectivity index (χ1v) is 9.89. The number of fused-ring (bicyclic) bond motifs is 1. The van der Waals surface area contributed by atoms with Crippen molar-refractivity contribution in [3.8, 4) is 0 Å². The Morgan fingerprint density at radius 3 is 2.46 bits per heavy atom. The Bertz CT molecular complexity index is 808. The highest BCUT2D eigenvalue weighted by Gasteiger charge is 2.33. The lowest BCUT2D eigenvalue weighted by molar-refractivity contribution is -0.0973. The van der Waals surface area contributed by atoms with Crippen LogP contribution in [0.25, 0.3) is 10.8 Å². The molecule has 0 saturated carbocycles. The van der Waals surface area contributed by atoms with Crippen molar-refractivity contribution in [2.75, 3.05) is 53.0 Å². The number of ether oxygens (including phenoxy) is 1. The van der Waals surface area contributed by atoms with Crippen LogP contribution in [0.1, 0.15) is 12.5 Å². The van der Waals surface area contributed by atoms with Gasteiger partial charge >= 0.3 is 0 Å². The van der Waals surface area contributed by atoms with Crippen LogP contribution in [0.15, 0.2) is 47.5 Å². The smallest absolute Gasteiger partial charge is 0.193 e. The van der Waals surface area contributed by atoms with Gasteiger partial charge in [0.25, 0.3) is 0 Å². The number of nitrogens with one attached hydrogen (secondary N) is 1. The normalized spacial score (nSPS) is 19.8. The van der Waals surface area contributed by atoms with Crippen molar-refractivity contribution < 1.29 is 4.74 Å². The second-order valence-corrected chi connectivity index (χ2v) is 8.11. The molecule has 5 nitrogen and oxygen atoms in total. The summed E-state index contributed by atoms with van der Waals surface area (Å²) in [4.78, 5) is 9.42. The predicted molar refractivity (Wildman–Crippen MR) is 127 cm³/mol. The number of hydrogen-bond acceptors (Lipinski definition) is 3. The molecule has 0 unspecified atom stereocenters. The molecular weight excluding hydrogens is 463 g/mol. The summed E-state index contributed by atoms with van der Waals surface area (Å²) in [6, 6.07) is 15.3. The van der Waals surface area contributed by atoms with Crippen LogP contribution in [0, 0.1) is 5.41 Å². The van der Waals surface area contributed by atoms with E-state index in [9.17, 15) is 0 Å². The Balaban J connectivity index is 0.00000225. The molecule has 0 bridgehead atoms. The van der Waals surface area contributed by atoms with E-state index in [1.807, 2.05) is 7.05 Å². The van der Waals surface area contributed by atoms with Crippen LogP contribution in [0.4, 0.5) is 0 Å². The molecule has 0 aliphatic carbocycles. The van der Waals surface area contributed by atoms with Gasteiger partial charge in [0.05, 0.1) is 13.2 Å². The fourth-order valence-corrected chi connectivity index (χ4v) is 3.97. The molecule has 0 spiro atoms. The summed E-state index contributed by atoms with van der Waals surface area (Å²) in [5.41, 5.74) is 1.67. The highest BCUT2D eigenvalue weighted by molar-refractivity contribution is 14.0. The standard InChI is InChI=1S/C22H30N4O.HI/c1-22(16-27-17-22)15-24-21(23-2)26-12-10-25(11-13-26)14-19-8-5-7-18-6-3-4-9-20(18)19;/h3-9H,10-17H2,1-2H3,(H,23,24);1H. The van der Waals surface area contributed by atoms with Gasteiger partial charge in [0.2, 0.25) is 0 Å². The van der Waals surface area contributed by atoms with Crippen LogP contribution < -0.4 is 5.32 Å². The number of aliphatic imine (C=N–C) groups is 1. The Labute approximate surface area is 185 Å². The summed E-state index contributed by atoms with van der Waals surface area (Å²) >= 11 is 0. The number of rotatable bonds is 4. The number of guanidine groups is 1. The van der Waals surface area contributed by atoms with Crippen molar-refractivity contribution >= 4 is 40.7 Å². The van der Waals surface area contributed by atoms with Gasteiger partial charge in [-0.15, -0.1) is 24.0 Å². The molecule has 0 aromatic heterocycles.